The summed E-state index contributed by atoms with van der Waals surface area (Å²) in [5, 5.41) is 13.1. The molecule has 1 saturated heterocycles. The van der Waals surface area contributed by atoms with Crippen LogP contribution in [0.3, 0.4) is 0 Å². The first-order valence-corrected chi connectivity index (χ1v) is 9.33. The van der Waals surface area contributed by atoms with Crippen molar-refractivity contribution in [2.45, 2.75) is 6.42 Å². The summed E-state index contributed by atoms with van der Waals surface area (Å²) >= 11 is 0. The van der Waals surface area contributed by atoms with E-state index in [4.69, 9.17) is 4.98 Å². The fraction of sp³-hybridized carbons (Fsp3) is 0.316. The molecule has 0 spiro atoms. The van der Waals surface area contributed by atoms with Gasteiger partial charge in [-0.15, -0.1) is 15.3 Å². The van der Waals surface area contributed by atoms with Crippen LogP contribution in [0.5, 0.6) is 0 Å². The third-order valence-corrected chi connectivity index (χ3v) is 5.21. The topological polar surface area (TPSA) is 84.4 Å². The summed E-state index contributed by atoms with van der Waals surface area (Å²) in [4.78, 5) is 21.9. The summed E-state index contributed by atoms with van der Waals surface area (Å²) in [6.45, 7) is 3.28. The molecule has 0 unspecified atom stereocenters. The van der Waals surface area contributed by atoms with Crippen LogP contribution in [-0.4, -0.2) is 55.5 Å². The number of fused-ring (bicyclic) bond motifs is 2. The lowest BCUT2D eigenvalue weighted by molar-refractivity contribution is 0.726. The quantitative estimate of drug-likeness (QED) is 0.518. The van der Waals surface area contributed by atoms with E-state index in [0.29, 0.717) is 11.3 Å². The van der Waals surface area contributed by atoms with Crippen LogP contribution in [0.2, 0.25) is 0 Å². The van der Waals surface area contributed by atoms with E-state index < -0.39 is 0 Å². The maximum atomic E-state index is 12.7. The Labute approximate surface area is 160 Å². The highest BCUT2D eigenvalue weighted by Gasteiger charge is 2.20. The third kappa shape index (κ3) is 2.75. The molecule has 4 heterocycles. The van der Waals surface area contributed by atoms with E-state index in [0.717, 1.165) is 49.6 Å². The summed E-state index contributed by atoms with van der Waals surface area (Å²) in [6, 6.07) is 11.4. The summed E-state index contributed by atoms with van der Waals surface area (Å²) in [7, 11) is 1.79. The molecular formula is C19H20N8O. The van der Waals surface area contributed by atoms with E-state index in [1.807, 2.05) is 36.4 Å². The molecule has 1 aromatic carbocycles. The summed E-state index contributed by atoms with van der Waals surface area (Å²) in [5.74, 6) is 1.61. The Morgan fingerprint density at radius 3 is 2.71 bits per heavy atom. The average Bonchev–Trinajstić information content (AvgIpc) is 3.06. The maximum absolute atomic E-state index is 12.7. The molecule has 0 aliphatic carbocycles. The van der Waals surface area contributed by atoms with E-state index in [1.54, 1.807) is 22.5 Å². The number of anilines is 2. The molecule has 28 heavy (non-hydrogen) atoms. The Bertz CT molecular complexity index is 1210. The van der Waals surface area contributed by atoms with E-state index in [-0.39, 0.29) is 5.56 Å². The number of benzene rings is 1. The molecule has 5 rings (SSSR count). The van der Waals surface area contributed by atoms with Gasteiger partial charge in [0.2, 0.25) is 5.95 Å². The predicted molar refractivity (Wildman–Crippen MR) is 107 cm³/mol. The molecule has 1 aliphatic rings. The van der Waals surface area contributed by atoms with Crippen LogP contribution in [0, 0.1) is 0 Å². The number of rotatable bonds is 2. The van der Waals surface area contributed by atoms with E-state index >= 15 is 0 Å². The fourth-order valence-electron chi connectivity index (χ4n) is 3.72. The monoisotopic (exact) mass is 376 g/mol. The van der Waals surface area contributed by atoms with Crippen LogP contribution in [0.15, 0.2) is 47.5 Å². The highest BCUT2D eigenvalue weighted by Crippen LogP contribution is 2.18. The lowest BCUT2D eigenvalue weighted by atomic mass is 10.2. The Balaban J connectivity index is 1.43. The van der Waals surface area contributed by atoms with Gasteiger partial charge in [-0.05, 0) is 30.7 Å². The smallest absolute Gasteiger partial charge is 0.262 e. The molecule has 9 nitrogen and oxygen atoms in total. The summed E-state index contributed by atoms with van der Waals surface area (Å²) in [5.41, 5.74) is 1.46. The average molecular weight is 376 g/mol. The van der Waals surface area contributed by atoms with Gasteiger partial charge in [0.15, 0.2) is 5.65 Å². The largest absolute Gasteiger partial charge is 0.353 e. The SMILES string of the molecule is Cn1c(N2CCCN(c3ccc4nncn4n3)CC2)nc2ccccc2c1=O. The summed E-state index contributed by atoms with van der Waals surface area (Å²) in [6.07, 6.45) is 2.56. The lowest BCUT2D eigenvalue weighted by Crippen LogP contribution is -2.35. The first-order chi connectivity index (χ1) is 13.7. The van der Waals surface area contributed by atoms with Gasteiger partial charge in [0, 0.05) is 33.2 Å². The Morgan fingerprint density at radius 1 is 0.964 bits per heavy atom. The molecule has 0 radical (unpaired) electrons. The second-order valence-corrected chi connectivity index (χ2v) is 6.95. The first-order valence-electron chi connectivity index (χ1n) is 9.33. The van der Waals surface area contributed by atoms with Crippen LogP contribution in [0.25, 0.3) is 16.6 Å². The van der Waals surface area contributed by atoms with Crippen molar-refractivity contribution in [3.05, 3.63) is 53.1 Å². The molecule has 9 heteroatoms. The van der Waals surface area contributed by atoms with Crippen molar-refractivity contribution in [3.63, 3.8) is 0 Å². The molecule has 1 aliphatic heterocycles. The molecule has 0 bridgehead atoms. The van der Waals surface area contributed by atoms with Gasteiger partial charge >= 0.3 is 0 Å². The minimum atomic E-state index is -0.0126. The molecule has 1 fully saturated rings. The third-order valence-electron chi connectivity index (χ3n) is 5.21. The van der Waals surface area contributed by atoms with Crippen LogP contribution in [0.4, 0.5) is 11.8 Å². The second-order valence-electron chi connectivity index (χ2n) is 6.95. The van der Waals surface area contributed by atoms with Crippen molar-refractivity contribution in [1.82, 2.24) is 29.4 Å². The van der Waals surface area contributed by atoms with Crippen LogP contribution in [0.1, 0.15) is 6.42 Å². The molecule has 0 atom stereocenters. The Morgan fingerprint density at radius 2 is 1.79 bits per heavy atom. The van der Waals surface area contributed by atoms with Crippen molar-refractivity contribution < 1.29 is 0 Å². The van der Waals surface area contributed by atoms with E-state index in [9.17, 15) is 4.79 Å². The zero-order chi connectivity index (χ0) is 19.1. The van der Waals surface area contributed by atoms with Gasteiger partial charge in [0.1, 0.15) is 12.1 Å². The van der Waals surface area contributed by atoms with Crippen molar-refractivity contribution in [1.29, 1.82) is 0 Å². The van der Waals surface area contributed by atoms with Gasteiger partial charge in [-0.1, -0.05) is 12.1 Å². The van der Waals surface area contributed by atoms with Gasteiger partial charge in [-0.3, -0.25) is 9.36 Å². The zero-order valence-electron chi connectivity index (χ0n) is 15.6. The number of aromatic nitrogens is 6. The Kier molecular flexibility index (Phi) is 3.92. The van der Waals surface area contributed by atoms with Crippen molar-refractivity contribution in [2.75, 3.05) is 36.0 Å². The highest BCUT2D eigenvalue weighted by molar-refractivity contribution is 5.78. The molecular weight excluding hydrogens is 356 g/mol. The van der Waals surface area contributed by atoms with Crippen molar-refractivity contribution >= 4 is 28.3 Å². The highest BCUT2D eigenvalue weighted by atomic mass is 16.1. The van der Waals surface area contributed by atoms with Gasteiger partial charge < -0.3 is 9.80 Å². The predicted octanol–water partition coefficient (Wildman–Crippen LogP) is 1.09. The minimum Gasteiger partial charge on any atom is -0.353 e. The van der Waals surface area contributed by atoms with Gasteiger partial charge in [-0.2, -0.15) is 4.52 Å². The van der Waals surface area contributed by atoms with Crippen LogP contribution in [-0.2, 0) is 7.05 Å². The number of nitrogens with zero attached hydrogens (tertiary/aromatic N) is 8. The summed E-state index contributed by atoms with van der Waals surface area (Å²) < 4.78 is 3.34. The number of hydrogen-bond acceptors (Lipinski definition) is 7. The molecule has 0 N–H and O–H groups in total. The number of hydrogen-bond donors (Lipinski definition) is 0. The van der Waals surface area contributed by atoms with Crippen molar-refractivity contribution in [3.8, 4) is 0 Å². The molecule has 142 valence electrons. The van der Waals surface area contributed by atoms with Crippen molar-refractivity contribution in [2.24, 2.45) is 7.05 Å². The molecule has 0 saturated carbocycles. The van der Waals surface area contributed by atoms with E-state index in [2.05, 4.69) is 25.1 Å². The lowest BCUT2D eigenvalue weighted by Gasteiger charge is -2.24. The van der Waals surface area contributed by atoms with Crippen LogP contribution < -0.4 is 15.4 Å². The second kappa shape index (κ2) is 6.59. The maximum Gasteiger partial charge on any atom is 0.262 e. The molecule has 3 aromatic heterocycles. The fourth-order valence-corrected chi connectivity index (χ4v) is 3.72. The normalized spacial score (nSPS) is 15.3. The van der Waals surface area contributed by atoms with Gasteiger partial charge in [0.05, 0.1) is 10.9 Å². The van der Waals surface area contributed by atoms with Gasteiger partial charge in [-0.25, -0.2) is 4.98 Å². The molecule has 4 aromatic rings. The van der Waals surface area contributed by atoms with Crippen LogP contribution >= 0.6 is 0 Å². The minimum absolute atomic E-state index is 0.0126. The standard InChI is InChI=1S/C19H20N8O/c1-24-18(28)14-5-2-3-6-15(14)21-19(24)26-10-4-9-25(11-12-26)17-8-7-16-22-20-13-27(16)23-17/h2-3,5-8,13H,4,9-12H2,1H3. The van der Waals surface area contributed by atoms with Gasteiger partial charge in [0.25, 0.3) is 5.56 Å². The molecule has 0 amide bonds. The number of para-hydroxylation sites is 1. The van der Waals surface area contributed by atoms with E-state index in [1.165, 1.54) is 0 Å². The zero-order valence-corrected chi connectivity index (χ0v) is 15.6. The first kappa shape index (κ1) is 16.7. The Hall–Kier alpha value is -3.49.